The molecule has 0 saturated heterocycles. The highest BCUT2D eigenvalue weighted by Gasteiger charge is 2.32. The molecule has 154 valence electrons. The van der Waals surface area contributed by atoms with Crippen LogP contribution >= 0.6 is 24.0 Å². The van der Waals surface area contributed by atoms with Crippen LogP contribution in [0.25, 0.3) is 0 Å². The Morgan fingerprint density at radius 2 is 1.86 bits per heavy atom. The molecule has 0 amide bonds. The molecule has 0 radical (unpaired) electrons. The summed E-state index contributed by atoms with van der Waals surface area (Å²) in [4.78, 5) is 4.19. The number of ether oxygens (including phenoxy) is 1. The molecular formula is C19H19F3IN5O. The third-order valence-electron chi connectivity index (χ3n) is 3.70. The summed E-state index contributed by atoms with van der Waals surface area (Å²) in [6, 6.07) is 15.2. The Morgan fingerprint density at radius 1 is 1.10 bits per heavy atom. The Labute approximate surface area is 182 Å². The maximum Gasteiger partial charge on any atom is 0.573 e. The van der Waals surface area contributed by atoms with E-state index in [2.05, 4.69) is 20.1 Å². The van der Waals surface area contributed by atoms with Gasteiger partial charge in [-0.1, -0.05) is 36.4 Å². The van der Waals surface area contributed by atoms with Crippen molar-refractivity contribution in [2.24, 2.45) is 10.7 Å². The lowest BCUT2D eigenvalue weighted by molar-refractivity contribution is -0.274. The summed E-state index contributed by atoms with van der Waals surface area (Å²) in [6.07, 6.45) is -1.22. The van der Waals surface area contributed by atoms with Gasteiger partial charge in [-0.05, 0) is 29.3 Å². The van der Waals surface area contributed by atoms with Gasteiger partial charge in [-0.25, -0.2) is 4.99 Å². The van der Waals surface area contributed by atoms with Crippen molar-refractivity contribution < 1.29 is 17.9 Å². The highest BCUT2D eigenvalue weighted by molar-refractivity contribution is 14.0. The van der Waals surface area contributed by atoms with Crippen LogP contribution in [0.5, 0.6) is 5.75 Å². The average Bonchev–Trinajstić information content (AvgIpc) is 3.14. The van der Waals surface area contributed by atoms with Crippen LogP contribution in [0.15, 0.2) is 72.0 Å². The topological polar surface area (TPSA) is 77.5 Å². The normalized spacial score (nSPS) is 11.6. The molecule has 1 heterocycles. The fourth-order valence-electron chi connectivity index (χ4n) is 2.54. The quantitative estimate of drug-likeness (QED) is 0.289. The fraction of sp³-hybridized carbons (Fsp3) is 0.158. The number of hydrogen-bond acceptors (Lipinski definition) is 3. The van der Waals surface area contributed by atoms with E-state index in [4.69, 9.17) is 5.73 Å². The molecule has 3 N–H and O–H groups in total. The number of hydrogen-bond donors (Lipinski definition) is 2. The van der Waals surface area contributed by atoms with Gasteiger partial charge in [0.25, 0.3) is 0 Å². The van der Waals surface area contributed by atoms with Gasteiger partial charge in [-0.2, -0.15) is 5.10 Å². The predicted octanol–water partition coefficient (Wildman–Crippen LogP) is 4.37. The highest BCUT2D eigenvalue weighted by atomic mass is 127. The SMILES string of the molecule is I.NC(=NCc1cccc(Cn2cccn2)c1)Nc1ccccc1OC(F)(F)F. The second-order valence-corrected chi connectivity index (χ2v) is 5.89. The molecule has 10 heteroatoms. The minimum atomic E-state index is -4.79. The van der Waals surface area contributed by atoms with Crippen LogP contribution in [0, 0.1) is 0 Å². The number of aliphatic imine (C=N–C) groups is 1. The molecule has 0 bridgehead atoms. The van der Waals surface area contributed by atoms with Gasteiger partial charge < -0.3 is 15.8 Å². The van der Waals surface area contributed by atoms with E-state index in [0.29, 0.717) is 6.54 Å². The number of rotatable bonds is 6. The maximum atomic E-state index is 12.5. The molecule has 0 unspecified atom stereocenters. The van der Waals surface area contributed by atoms with Crippen molar-refractivity contribution in [2.45, 2.75) is 19.5 Å². The summed E-state index contributed by atoms with van der Waals surface area (Å²) in [5.41, 5.74) is 7.86. The zero-order valence-corrected chi connectivity index (χ0v) is 17.5. The summed E-state index contributed by atoms with van der Waals surface area (Å²) in [5.74, 6) is -0.398. The lowest BCUT2D eigenvalue weighted by Gasteiger charge is -2.14. The fourth-order valence-corrected chi connectivity index (χ4v) is 2.54. The summed E-state index contributed by atoms with van der Waals surface area (Å²) in [7, 11) is 0. The van der Waals surface area contributed by atoms with Crippen molar-refractivity contribution in [3.8, 4) is 5.75 Å². The molecule has 1 aromatic heterocycles. The van der Waals surface area contributed by atoms with Crippen molar-refractivity contribution in [3.05, 3.63) is 78.1 Å². The van der Waals surface area contributed by atoms with Gasteiger partial charge in [-0.15, -0.1) is 37.1 Å². The van der Waals surface area contributed by atoms with Gasteiger partial charge in [0.15, 0.2) is 11.7 Å². The maximum absolute atomic E-state index is 12.5. The van der Waals surface area contributed by atoms with Crippen LogP contribution in [0.4, 0.5) is 18.9 Å². The molecule has 0 atom stereocenters. The second-order valence-electron chi connectivity index (χ2n) is 5.89. The van der Waals surface area contributed by atoms with Crippen LogP contribution in [0.3, 0.4) is 0 Å². The van der Waals surface area contributed by atoms with Crippen LogP contribution in [-0.4, -0.2) is 22.1 Å². The first-order valence-electron chi connectivity index (χ1n) is 8.36. The standard InChI is InChI=1S/C19H18F3N5O.HI/c20-19(21,22)28-17-8-2-1-7-16(17)26-18(23)24-12-14-5-3-6-15(11-14)13-27-10-4-9-25-27;/h1-11H,12-13H2,(H3,23,24,26);1H. The molecule has 2 aromatic carbocycles. The number of halogens is 4. The third-order valence-corrected chi connectivity index (χ3v) is 3.70. The average molecular weight is 517 g/mol. The number of nitrogens with two attached hydrogens (primary N) is 1. The Morgan fingerprint density at radius 3 is 2.59 bits per heavy atom. The third kappa shape index (κ3) is 7.29. The predicted molar refractivity (Wildman–Crippen MR) is 115 cm³/mol. The van der Waals surface area contributed by atoms with Crippen molar-refractivity contribution >= 4 is 35.6 Å². The summed E-state index contributed by atoms with van der Waals surface area (Å²) in [6.45, 7) is 0.897. The van der Waals surface area contributed by atoms with Crippen molar-refractivity contribution in [1.29, 1.82) is 0 Å². The number of aromatic nitrogens is 2. The van der Waals surface area contributed by atoms with Crippen molar-refractivity contribution in [2.75, 3.05) is 5.32 Å². The highest BCUT2D eigenvalue weighted by Crippen LogP contribution is 2.29. The molecule has 0 aliphatic rings. The van der Waals surface area contributed by atoms with Gasteiger partial charge in [0.2, 0.25) is 0 Å². The van der Waals surface area contributed by atoms with Crippen LogP contribution in [-0.2, 0) is 13.1 Å². The van der Waals surface area contributed by atoms with Gasteiger partial charge in [0.1, 0.15) is 0 Å². The molecular weight excluding hydrogens is 498 g/mol. The largest absolute Gasteiger partial charge is 0.573 e. The zero-order chi connectivity index (χ0) is 20.0. The second kappa shape index (κ2) is 10.1. The molecule has 0 aliphatic carbocycles. The summed E-state index contributed by atoms with van der Waals surface area (Å²) >= 11 is 0. The number of nitrogens with zero attached hydrogens (tertiary/aromatic N) is 3. The number of anilines is 1. The Balaban J connectivity index is 0.00000300. The number of benzene rings is 2. The van der Waals surface area contributed by atoms with E-state index in [-0.39, 0.29) is 47.9 Å². The molecule has 6 nitrogen and oxygen atoms in total. The summed E-state index contributed by atoms with van der Waals surface area (Å²) < 4.78 is 43.2. The first-order valence-corrected chi connectivity index (χ1v) is 8.36. The van der Waals surface area contributed by atoms with E-state index >= 15 is 0 Å². The Bertz CT molecular complexity index is 945. The van der Waals surface area contributed by atoms with Crippen molar-refractivity contribution in [1.82, 2.24) is 9.78 Å². The lowest BCUT2D eigenvalue weighted by Crippen LogP contribution is -2.24. The summed E-state index contributed by atoms with van der Waals surface area (Å²) in [5, 5.41) is 6.81. The van der Waals surface area contributed by atoms with Crippen LogP contribution < -0.4 is 15.8 Å². The molecule has 0 fully saturated rings. The number of guanidine groups is 1. The number of para-hydroxylation sites is 2. The van der Waals surface area contributed by atoms with E-state index in [1.807, 2.05) is 36.5 Å². The number of alkyl halides is 3. The van der Waals surface area contributed by atoms with Crippen LogP contribution in [0.2, 0.25) is 0 Å². The smallest absolute Gasteiger partial charge is 0.404 e. The lowest BCUT2D eigenvalue weighted by atomic mass is 10.1. The first-order chi connectivity index (χ1) is 13.4. The zero-order valence-electron chi connectivity index (χ0n) is 15.1. The first kappa shape index (κ1) is 22.5. The van der Waals surface area contributed by atoms with Crippen LogP contribution in [0.1, 0.15) is 11.1 Å². The molecule has 0 spiro atoms. The van der Waals surface area contributed by atoms with Gasteiger partial charge in [0, 0.05) is 12.4 Å². The number of nitrogens with one attached hydrogen (secondary N) is 1. The van der Waals surface area contributed by atoms with E-state index in [1.165, 1.54) is 18.2 Å². The molecule has 0 saturated carbocycles. The molecule has 29 heavy (non-hydrogen) atoms. The van der Waals surface area contributed by atoms with Gasteiger partial charge in [0.05, 0.1) is 18.8 Å². The minimum absolute atomic E-state index is 0. The molecule has 3 rings (SSSR count). The molecule has 3 aromatic rings. The van der Waals surface area contributed by atoms with Crippen molar-refractivity contribution in [3.63, 3.8) is 0 Å². The van der Waals surface area contributed by atoms with E-state index in [9.17, 15) is 13.2 Å². The monoisotopic (exact) mass is 517 g/mol. The van der Waals surface area contributed by atoms with Gasteiger partial charge >= 0.3 is 6.36 Å². The minimum Gasteiger partial charge on any atom is -0.404 e. The Kier molecular flexibility index (Phi) is 7.88. The van der Waals surface area contributed by atoms with E-state index in [0.717, 1.165) is 11.1 Å². The van der Waals surface area contributed by atoms with Gasteiger partial charge in [-0.3, -0.25) is 4.68 Å². The van der Waals surface area contributed by atoms with E-state index in [1.54, 1.807) is 16.9 Å². The molecule has 0 aliphatic heterocycles. The Hall–Kier alpha value is -2.76. The van der Waals surface area contributed by atoms with E-state index < -0.39 is 6.36 Å².